The number of nitrogens with one attached hydrogen (secondary N) is 3. The van der Waals surface area contributed by atoms with E-state index in [1.54, 1.807) is 10.8 Å². The number of fused-ring (bicyclic) bond motifs is 4. The number of phenols is 1. The lowest BCUT2D eigenvalue weighted by Crippen LogP contribution is -2.80. The summed E-state index contributed by atoms with van der Waals surface area (Å²) >= 11 is 0. The van der Waals surface area contributed by atoms with E-state index in [1.165, 1.54) is 11.1 Å². The third kappa shape index (κ3) is 6.62. The van der Waals surface area contributed by atoms with Gasteiger partial charge in [-0.2, -0.15) is 0 Å². The predicted octanol–water partition coefficient (Wildman–Crippen LogP) is 8.28. The van der Waals surface area contributed by atoms with Gasteiger partial charge in [-0.3, -0.25) is 0 Å². The van der Waals surface area contributed by atoms with E-state index in [9.17, 15) is 30.6 Å². The number of aromatic nitrogens is 1. The van der Waals surface area contributed by atoms with Crippen molar-refractivity contribution in [3.05, 3.63) is 83.6 Å². The quantitative estimate of drug-likeness (QED) is 0.0427. The highest BCUT2D eigenvalue weighted by molar-refractivity contribution is 8.78. The molecule has 1 aromatic heterocycles. The smallest absolute Gasteiger partial charge is 0.343 e. The number of hydrogen-bond donors (Lipinski definition) is 9. The van der Waals surface area contributed by atoms with Crippen LogP contribution in [0.1, 0.15) is 93.4 Å². The Morgan fingerprint density at radius 2 is 1.67 bits per heavy atom. The summed E-state index contributed by atoms with van der Waals surface area (Å²) in [6, 6.07) is 22.6. The second-order valence-electron chi connectivity index (χ2n) is 25.7. The van der Waals surface area contributed by atoms with Crippen molar-refractivity contribution in [2.75, 3.05) is 25.1 Å². The SMILES string of the molecule is CN[C@@H]1CSS[C@@H]2CSS[C@H](CNC3CCCC3)[C@@H]3C[C@@H]4[C@H]5C[C@H]1[C@@H](O)[C@@]1(CC[C@H]6C[C@@H]7CC[C@@H]8[C@@H]2c2cc(O)ccc2[C@@]61[C@H]78)[C@@H]5O[C@H]1[C@H](C(=O)Oc2c(CO)[nH]c5ccc6cc7ccccc7cc6c25)O[C@@](O)([C@H]3O)[C@@]41O. The number of H-pyrrole nitrogens is 1. The topological polar surface area (TPSA) is 206 Å². The zero-order chi connectivity index (χ0) is 52.8. The fraction of sp³-hybridized carbons (Fsp3) is 0.623. The molecule has 9 N–H and O–H groups in total. The number of phenolic OH excluding ortho intramolecular Hbond substituents is 1. The monoisotopic (exact) mass is 1130 g/mol. The van der Waals surface area contributed by atoms with Gasteiger partial charge < -0.3 is 60.5 Å². The van der Waals surface area contributed by atoms with E-state index in [4.69, 9.17) is 14.2 Å². The van der Waals surface area contributed by atoms with E-state index >= 15 is 4.79 Å². The molecule has 9 bridgehead atoms. The van der Waals surface area contributed by atoms with Gasteiger partial charge in [-0.05, 0) is 157 Å². The van der Waals surface area contributed by atoms with Crippen molar-refractivity contribution in [3.8, 4) is 11.5 Å². The van der Waals surface area contributed by atoms with E-state index in [0.29, 0.717) is 54.6 Å². The molecule has 7 aliphatic carbocycles. The summed E-state index contributed by atoms with van der Waals surface area (Å²) in [6.45, 7) is 0.110. The lowest BCUT2D eigenvalue weighted by Gasteiger charge is -2.69. The van der Waals surface area contributed by atoms with Crippen LogP contribution in [-0.2, 0) is 26.3 Å². The molecule has 11 fully saturated rings. The van der Waals surface area contributed by atoms with Crippen LogP contribution in [0.25, 0.3) is 32.4 Å². The summed E-state index contributed by atoms with van der Waals surface area (Å²) in [5.74, 6) is -2.24. The number of hydrogen-bond acceptors (Lipinski definition) is 16. The minimum absolute atomic E-state index is 0.0968. The van der Waals surface area contributed by atoms with Crippen molar-refractivity contribution in [2.45, 2.75) is 153 Å². The number of carbonyl (C=O) groups excluding carboxylic acids is 1. The van der Waals surface area contributed by atoms with Gasteiger partial charge in [-0.15, -0.1) is 0 Å². The van der Waals surface area contributed by atoms with Crippen molar-refractivity contribution < 1.29 is 49.6 Å². The van der Waals surface area contributed by atoms with Crippen molar-refractivity contribution in [1.29, 1.82) is 0 Å². The van der Waals surface area contributed by atoms with Crippen LogP contribution in [-0.4, -0.2) is 131 Å². The average molecular weight is 1130 g/mol. The van der Waals surface area contributed by atoms with Crippen LogP contribution in [0.5, 0.6) is 11.5 Å². The molecule has 19 rings (SSSR count). The highest BCUT2D eigenvalue weighted by Crippen LogP contribution is 2.82. The summed E-state index contributed by atoms with van der Waals surface area (Å²) in [6.07, 6.45) is 3.74. The summed E-state index contributed by atoms with van der Waals surface area (Å²) in [5.41, 5.74) is -0.362. The highest BCUT2D eigenvalue weighted by atomic mass is 33.1. The van der Waals surface area contributed by atoms with Crippen LogP contribution in [0.15, 0.2) is 66.7 Å². The van der Waals surface area contributed by atoms with Crippen molar-refractivity contribution in [2.24, 2.45) is 52.8 Å². The molecule has 414 valence electrons. The largest absolute Gasteiger partial charge is 0.508 e. The van der Waals surface area contributed by atoms with Crippen molar-refractivity contribution in [1.82, 2.24) is 15.6 Å². The number of carbonyl (C=O) groups is 1. The van der Waals surface area contributed by atoms with Gasteiger partial charge in [-0.1, -0.05) is 92.4 Å². The molecule has 0 unspecified atom stereocenters. The molecule has 14 aliphatic rings. The first kappa shape index (κ1) is 50.9. The molecule has 4 aromatic carbocycles. The minimum atomic E-state index is -2.66. The van der Waals surface area contributed by atoms with Crippen LogP contribution in [0.3, 0.4) is 0 Å². The molecule has 6 saturated carbocycles. The van der Waals surface area contributed by atoms with Crippen LogP contribution in [0.2, 0.25) is 0 Å². The maximum atomic E-state index is 15.8. The highest BCUT2D eigenvalue weighted by Gasteiger charge is 2.85. The van der Waals surface area contributed by atoms with Gasteiger partial charge >= 0.3 is 5.97 Å². The molecule has 17 heteroatoms. The number of aliphatic hydroxyl groups is 5. The van der Waals surface area contributed by atoms with Crippen molar-refractivity contribution in [3.63, 3.8) is 0 Å². The van der Waals surface area contributed by atoms with Gasteiger partial charge in [0.15, 0.2) is 17.5 Å². The normalized spacial score (nSPS) is 44.9. The molecule has 78 heavy (non-hydrogen) atoms. The molecule has 5 aromatic rings. The number of rotatable bonds is 7. The van der Waals surface area contributed by atoms with Crippen LogP contribution < -0.4 is 15.4 Å². The first-order chi connectivity index (χ1) is 37.9. The summed E-state index contributed by atoms with van der Waals surface area (Å²) in [7, 11) is 9.52. The maximum Gasteiger partial charge on any atom is 0.343 e. The van der Waals surface area contributed by atoms with Gasteiger partial charge in [0.2, 0.25) is 5.79 Å². The zero-order valence-corrected chi connectivity index (χ0v) is 47.1. The number of aromatic amines is 1. The molecule has 0 amide bonds. The summed E-state index contributed by atoms with van der Waals surface area (Å²) in [4.78, 5) is 19.1. The predicted molar refractivity (Wildman–Crippen MR) is 306 cm³/mol. The zero-order valence-electron chi connectivity index (χ0n) is 43.8. The second-order valence-corrected chi connectivity index (χ2v) is 31.0. The molecule has 8 heterocycles. The average Bonchev–Trinajstić information content (AvgIpc) is 2.90. The minimum Gasteiger partial charge on any atom is -0.508 e. The molecule has 21 atom stereocenters. The lowest BCUT2D eigenvalue weighted by molar-refractivity contribution is -0.381. The maximum absolute atomic E-state index is 15.8. The second kappa shape index (κ2) is 18.4. The lowest BCUT2D eigenvalue weighted by atomic mass is 9.39. The standard InChI is InChI=1S/C61H71N3O10S4/c1-62-45-26-75-78-47-27-76-77-46(24-63-33-8-4-5-9-33)40-23-42-38-22-39(45)53(67)58(17-16-32-19-31-10-13-35-48(47)37-21-34(66)12-14-41(37)59(32,58)50(31)35)55(38)73-56-52(74-61(71,54(40)68)60(42,56)70)57(69)72-51-44(25-65)64-43-15-11-30-18-28-6-2-3-7-29(28)20-36(30)49(43)51/h2-3,6-7,11-12,14-15,18,20-21,31-33,35,38-40,42,45-48,50,52-56,62-68,70-71H,4-5,8-10,13,16-17,19,22-27H2,1H3/t31-,32-,35+,38+,39+,40-,42+,45+,46+,47+,48+,50+,52+,53+,54-,55+,56-,58-,59+,60+,61-/m0/s1. The first-order valence-corrected chi connectivity index (χ1v) is 33.9. The van der Waals surface area contributed by atoms with Gasteiger partial charge in [0.05, 0.1) is 35.4 Å². The van der Waals surface area contributed by atoms with Crippen LogP contribution in [0, 0.1) is 52.8 Å². The number of ether oxygens (including phenoxy) is 3. The molecule has 2 spiro atoms. The Labute approximate surface area is 470 Å². The van der Waals surface area contributed by atoms with E-state index in [2.05, 4.69) is 45.9 Å². The van der Waals surface area contributed by atoms with Crippen molar-refractivity contribution >= 4 is 81.6 Å². The third-order valence-corrected chi connectivity index (χ3v) is 29.2. The number of aliphatic hydroxyl groups excluding tert-OH is 3. The number of benzene rings is 4. The summed E-state index contributed by atoms with van der Waals surface area (Å²) < 4.78 is 21.3. The fourth-order valence-corrected chi connectivity index (χ4v) is 27.4. The van der Waals surface area contributed by atoms with E-state index in [1.807, 2.05) is 75.8 Å². The van der Waals surface area contributed by atoms with Gasteiger partial charge in [-0.25, -0.2) is 4.79 Å². The van der Waals surface area contributed by atoms with Gasteiger partial charge in [0.25, 0.3) is 0 Å². The Balaban J connectivity index is 0.910. The third-order valence-electron chi connectivity index (χ3n) is 23.1. The fourth-order valence-electron chi connectivity index (χ4n) is 20.4. The Morgan fingerprint density at radius 1 is 0.846 bits per heavy atom. The van der Waals surface area contributed by atoms with Crippen LogP contribution in [0.4, 0.5) is 0 Å². The molecule has 13 nitrogen and oxygen atoms in total. The Kier molecular flexibility index (Phi) is 12.0. The van der Waals surface area contributed by atoms with Crippen LogP contribution >= 0.6 is 43.2 Å². The van der Waals surface area contributed by atoms with E-state index < -0.39 is 83.1 Å². The molecule has 7 aliphatic heterocycles. The first-order valence-electron chi connectivity index (χ1n) is 29.2. The Morgan fingerprint density at radius 3 is 2.49 bits per heavy atom. The Hall–Kier alpha value is -2.75. The molecule has 5 saturated heterocycles. The molecule has 0 radical (unpaired) electrons. The number of esters is 1. The summed E-state index contributed by atoms with van der Waals surface area (Å²) in [5, 5.41) is 90.1. The van der Waals surface area contributed by atoms with E-state index in [0.717, 1.165) is 84.4 Å². The van der Waals surface area contributed by atoms with Gasteiger partial charge in [0.1, 0.15) is 18.0 Å². The molecular formula is C61H71N3O10S4. The number of aromatic hydroxyl groups is 1. The molecular weight excluding hydrogens is 1060 g/mol. The van der Waals surface area contributed by atoms with Gasteiger partial charge in [0, 0.05) is 75.1 Å². The van der Waals surface area contributed by atoms with E-state index in [-0.39, 0.29) is 57.4 Å². The Bertz CT molecular complexity index is 3250.